The smallest absolute Gasteiger partial charge is 0.209 e. The molecule has 30 heavy (non-hydrogen) atoms. The van der Waals surface area contributed by atoms with Gasteiger partial charge in [-0.05, 0) is 23.6 Å². The van der Waals surface area contributed by atoms with Crippen molar-refractivity contribution in [3.63, 3.8) is 0 Å². The maximum atomic E-state index is 12.7. The minimum atomic E-state index is -0.200. The van der Waals surface area contributed by atoms with Crippen LogP contribution in [0.2, 0.25) is 0 Å². The molecular weight excluding hydrogens is 392 g/mol. The number of hydrogen-bond donors (Lipinski definition) is 1. The molecule has 0 amide bonds. The average molecular weight is 419 g/mol. The van der Waals surface area contributed by atoms with Gasteiger partial charge in [0.05, 0.1) is 5.75 Å². The van der Waals surface area contributed by atoms with E-state index in [0.717, 1.165) is 29.2 Å². The molecule has 4 rings (SSSR count). The van der Waals surface area contributed by atoms with Crippen molar-refractivity contribution < 1.29 is 4.79 Å². The van der Waals surface area contributed by atoms with E-state index in [0.29, 0.717) is 10.9 Å². The molecule has 1 aromatic heterocycles. The Morgan fingerprint density at radius 3 is 2.60 bits per heavy atom. The van der Waals surface area contributed by atoms with Crippen molar-refractivity contribution in [2.24, 2.45) is 0 Å². The number of nitrogens with zero attached hydrogens (tertiary/aromatic N) is 3. The van der Waals surface area contributed by atoms with E-state index in [4.69, 9.17) is 0 Å². The van der Waals surface area contributed by atoms with Crippen LogP contribution in [0.1, 0.15) is 31.9 Å². The number of aromatic amines is 1. The first-order valence-electron chi connectivity index (χ1n) is 10.1. The number of carbonyl (C=O) groups excluding carboxylic acids is 1. The van der Waals surface area contributed by atoms with Crippen molar-refractivity contribution >= 4 is 23.2 Å². The quantitative estimate of drug-likeness (QED) is 0.450. The second kappa shape index (κ2) is 8.11. The van der Waals surface area contributed by atoms with Gasteiger partial charge in [0.1, 0.15) is 0 Å². The van der Waals surface area contributed by atoms with Crippen molar-refractivity contribution in [2.45, 2.75) is 37.8 Å². The highest BCUT2D eigenvalue weighted by Gasteiger charge is 2.38. The monoisotopic (exact) mass is 418 g/mol. The Bertz CT molecular complexity index is 1100. The van der Waals surface area contributed by atoms with Crippen LogP contribution in [0.4, 0.5) is 5.69 Å². The van der Waals surface area contributed by atoms with Crippen LogP contribution in [0, 0.1) is 0 Å². The number of aryl methyl sites for hydroxylation is 1. The van der Waals surface area contributed by atoms with Gasteiger partial charge in [-0.1, -0.05) is 75.0 Å². The first kappa shape index (κ1) is 20.4. The fraction of sp³-hybridized carbons (Fsp3) is 0.292. The number of anilines is 1. The molecule has 1 N–H and O–H groups in total. The molecule has 0 fully saturated rings. The van der Waals surface area contributed by atoms with E-state index in [1.54, 1.807) is 6.08 Å². The number of ketones is 1. The molecular formula is C24H26N4OS. The highest BCUT2D eigenvalue weighted by atomic mass is 32.2. The zero-order chi connectivity index (χ0) is 21.3. The van der Waals surface area contributed by atoms with Gasteiger partial charge >= 0.3 is 0 Å². The molecule has 3 aromatic rings. The summed E-state index contributed by atoms with van der Waals surface area (Å²) in [5.74, 6) is 1.08. The second-order valence-corrected chi connectivity index (χ2v) is 8.95. The number of carbonyl (C=O) groups is 1. The van der Waals surface area contributed by atoms with Gasteiger partial charge < -0.3 is 4.90 Å². The van der Waals surface area contributed by atoms with E-state index in [9.17, 15) is 4.79 Å². The number of nitrogens with one attached hydrogen (secondary N) is 1. The van der Waals surface area contributed by atoms with Gasteiger partial charge in [0.15, 0.2) is 11.6 Å². The third-order valence-electron chi connectivity index (χ3n) is 5.68. The van der Waals surface area contributed by atoms with Gasteiger partial charge in [-0.3, -0.25) is 9.89 Å². The Balaban J connectivity index is 1.44. The van der Waals surface area contributed by atoms with E-state index < -0.39 is 0 Å². The summed E-state index contributed by atoms with van der Waals surface area (Å²) in [7, 11) is 2.02. The number of thioether (sulfide) groups is 1. The molecule has 0 bridgehead atoms. The number of para-hydroxylation sites is 1. The summed E-state index contributed by atoms with van der Waals surface area (Å²) in [5.41, 5.74) is 5.49. The molecule has 0 unspecified atom stereocenters. The molecule has 0 aliphatic carbocycles. The van der Waals surface area contributed by atoms with E-state index in [1.165, 1.54) is 22.9 Å². The minimum Gasteiger partial charge on any atom is -0.347 e. The summed E-state index contributed by atoms with van der Waals surface area (Å²) >= 11 is 1.35. The highest BCUT2D eigenvalue weighted by molar-refractivity contribution is 7.99. The van der Waals surface area contributed by atoms with E-state index in [-0.39, 0.29) is 11.2 Å². The summed E-state index contributed by atoms with van der Waals surface area (Å²) in [5, 5.41) is 7.81. The van der Waals surface area contributed by atoms with Crippen LogP contribution in [0.15, 0.2) is 65.5 Å². The maximum absolute atomic E-state index is 12.7. The molecule has 0 atom stereocenters. The third kappa shape index (κ3) is 3.79. The van der Waals surface area contributed by atoms with Crippen LogP contribution in [0.3, 0.4) is 0 Å². The van der Waals surface area contributed by atoms with Gasteiger partial charge in [-0.2, -0.15) is 0 Å². The molecule has 0 saturated heterocycles. The lowest BCUT2D eigenvalue weighted by molar-refractivity contribution is -0.112. The molecule has 0 spiro atoms. The van der Waals surface area contributed by atoms with Crippen LogP contribution < -0.4 is 4.90 Å². The fourth-order valence-corrected chi connectivity index (χ4v) is 4.55. The van der Waals surface area contributed by atoms with Gasteiger partial charge in [-0.25, -0.2) is 4.98 Å². The number of aromatic nitrogens is 3. The molecule has 0 saturated carbocycles. The number of likely N-dealkylation sites (N-methyl/N-ethyl adjacent to an activating group) is 1. The number of hydrogen-bond acceptors (Lipinski definition) is 5. The molecule has 2 aromatic carbocycles. The lowest BCUT2D eigenvalue weighted by Gasteiger charge is -2.23. The number of benzene rings is 2. The maximum Gasteiger partial charge on any atom is 0.209 e. The molecule has 1 aliphatic rings. The van der Waals surface area contributed by atoms with E-state index in [1.807, 2.05) is 31.3 Å². The molecule has 6 heteroatoms. The van der Waals surface area contributed by atoms with Crippen LogP contribution in [0.5, 0.6) is 0 Å². The van der Waals surface area contributed by atoms with Gasteiger partial charge in [0.2, 0.25) is 5.16 Å². The summed E-state index contributed by atoms with van der Waals surface area (Å²) in [4.78, 5) is 19.4. The van der Waals surface area contributed by atoms with Crippen molar-refractivity contribution in [3.05, 3.63) is 71.4 Å². The minimum absolute atomic E-state index is 0.0568. The predicted octanol–water partition coefficient (Wildman–Crippen LogP) is 5.01. The lowest BCUT2D eigenvalue weighted by atomic mass is 9.83. The fourth-order valence-electron chi connectivity index (χ4n) is 3.93. The van der Waals surface area contributed by atoms with E-state index >= 15 is 0 Å². The average Bonchev–Trinajstić information content (AvgIpc) is 3.30. The predicted molar refractivity (Wildman–Crippen MR) is 123 cm³/mol. The van der Waals surface area contributed by atoms with Gasteiger partial charge in [-0.15, -0.1) is 5.10 Å². The van der Waals surface area contributed by atoms with Gasteiger partial charge in [0, 0.05) is 35.5 Å². The van der Waals surface area contributed by atoms with E-state index in [2.05, 4.69) is 65.1 Å². The Labute approximate surface area is 181 Å². The van der Waals surface area contributed by atoms with Crippen LogP contribution in [-0.4, -0.2) is 33.8 Å². The number of fused-ring (bicyclic) bond motifs is 1. The van der Waals surface area contributed by atoms with Crippen molar-refractivity contribution in [2.75, 3.05) is 17.7 Å². The third-order valence-corrected chi connectivity index (χ3v) is 6.55. The largest absolute Gasteiger partial charge is 0.347 e. The van der Waals surface area contributed by atoms with Gasteiger partial charge in [0.25, 0.3) is 0 Å². The van der Waals surface area contributed by atoms with Crippen LogP contribution >= 0.6 is 11.8 Å². The summed E-state index contributed by atoms with van der Waals surface area (Å²) in [6.45, 7) is 6.45. The molecule has 2 heterocycles. The standard InChI is InChI=1S/C24H26N4OS/c1-5-16-10-12-17(13-11-16)22-25-23(27-26-22)30-15-18(29)14-21-24(2,3)19-8-6-7-9-20(19)28(21)4/h6-14H,5,15H2,1-4H3,(H,25,26,27)/b21-14+. The Morgan fingerprint density at radius 2 is 1.90 bits per heavy atom. The normalized spacial score (nSPS) is 16.1. The van der Waals surface area contributed by atoms with Crippen molar-refractivity contribution in [1.82, 2.24) is 15.2 Å². The molecule has 5 nitrogen and oxygen atoms in total. The van der Waals surface area contributed by atoms with Crippen molar-refractivity contribution in [1.29, 1.82) is 0 Å². The topological polar surface area (TPSA) is 61.9 Å². The lowest BCUT2D eigenvalue weighted by Crippen LogP contribution is -2.24. The number of rotatable bonds is 6. The Hall–Kier alpha value is -2.86. The van der Waals surface area contributed by atoms with Crippen LogP contribution in [-0.2, 0) is 16.6 Å². The first-order chi connectivity index (χ1) is 14.4. The SMILES string of the molecule is CCc1ccc(-c2nc(SCC(=O)/C=C3/N(C)c4ccccc4C3(C)C)n[nH]2)cc1. The molecule has 0 radical (unpaired) electrons. The summed E-state index contributed by atoms with van der Waals surface area (Å²) in [6.07, 6.45) is 2.77. The Kier molecular flexibility index (Phi) is 5.52. The highest BCUT2D eigenvalue weighted by Crippen LogP contribution is 2.46. The molecule has 1 aliphatic heterocycles. The Morgan fingerprint density at radius 1 is 1.17 bits per heavy atom. The zero-order valence-electron chi connectivity index (χ0n) is 17.8. The number of allylic oxidation sites excluding steroid dienone is 2. The second-order valence-electron chi connectivity index (χ2n) is 8.00. The molecule has 154 valence electrons. The first-order valence-corrected chi connectivity index (χ1v) is 11.1. The summed E-state index contributed by atoms with van der Waals surface area (Å²) < 4.78 is 0. The van der Waals surface area contributed by atoms with Crippen molar-refractivity contribution in [3.8, 4) is 11.4 Å². The summed E-state index contributed by atoms with van der Waals surface area (Å²) in [6, 6.07) is 16.6. The van der Waals surface area contributed by atoms with Crippen LogP contribution in [0.25, 0.3) is 11.4 Å². The zero-order valence-corrected chi connectivity index (χ0v) is 18.6. The number of H-pyrrole nitrogens is 1.